The molecule has 0 aliphatic carbocycles. The molecule has 1 aromatic rings. The third-order valence-corrected chi connectivity index (χ3v) is 7.58. The fraction of sp³-hybridized carbons (Fsp3) is 0.625. The molecule has 0 aromatic heterocycles. The van der Waals surface area contributed by atoms with Crippen LogP contribution in [0.3, 0.4) is 0 Å². The van der Waals surface area contributed by atoms with Gasteiger partial charge in [-0.25, -0.2) is 8.42 Å². The highest BCUT2D eigenvalue weighted by Gasteiger charge is 2.50. The minimum atomic E-state index is -3.04. The Hall–Kier alpha value is -0.910. The van der Waals surface area contributed by atoms with Crippen molar-refractivity contribution in [2.75, 3.05) is 7.11 Å². The average molecular weight is 310 g/mol. The van der Waals surface area contributed by atoms with Gasteiger partial charge in [-0.05, 0) is 36.8 Å². The standard InChI is InChI=1S/C16H22O4S/c1-20-11-12-5-7-13(8-6-12)16(17)9-14-3-2-4-15(10-16)21(14,18)19/h5-8,14-15,17H,2-4,9-11H2,1H3. The lowest BCUT2D eigenvalue weighted by Gasteiger charge is -2.44. The zero-order chi connectivity index (χ0) is 15.1. The molecule has 21 heavy (non-hydrogen) atoms. The minimum absolute atomic E-state index is 0.329. The van der Waals surface area contributed by atoms with Crippen molar-refractivity contribution in [2.45, 2.75) is 54.8 Å². The summed E-state index contributed by atoms with van der Waals surface area (Å²) < 4.78 is 29.7. The van der Waals surface area contributed by atoms with Gasteiger partial charge in [0.2, 0.25) is 0 Å². The minimum Gasteiger partial charge on any atom is -0.385 e. The Morgan fingerprint density at radius 2 is 1.76 bits per heavy atom. The maximum absolute atomic E-state index is 12.3. The smallest absolute Gasteiger partial charge is 0.156 e. The first kappa shape index (κ1) is 15.0. The number of benzene rings is 1. The van der Waals surface area contributed by atoms with E-state index in [0.29, 0.717) is 32.3 Å². The van der Waals surface area contributed by atoms with Gasteiger partial charge >= 0.3 is 0 Å². The Bertz CT molecular complexity index is 586. The lowest BCUT2D eigenvalue weighted by atomic mass is 9.80. The van der Waals surface area contributed by atoms with E-state index in [4.69, 9.17) is 4.74 Å². The maximum Gasteiger partial charge on any atom is 0.156 e. The Morgan fingerprint density at radius 3 is 2.29 bits per heavy atom. The van der Waals surface area contributed by atoms with Crippen LogP contribution >= 0.6 is 0 Å². The average Bonchev–Trinajstić information content (AvgIpc) is 2.42. The molecule has 2 heterocycles. The number of aliphatic hydroxyl groups is 1. The molecule has 2 atom stereocenters. The summed E-state index contributed by atoms with van der Waals surface area (Å²) in [5.41, 5.74) is 0.870. The summed E-state index contributed by atoms with van der Waals surface area (Å²) in [7, 11) is -1.39. The van der Waals surface area contributed by atoms with Gasteiger partial charge < -0.3 is 9.84 Å². The van der Waals surface area contributed by atoms with Crippen molar-refractivity contribution in [2.24, 2.45) is 0 Å². The van der Waals surface area contributed by atoms with Gasteiger partial charge in [-0.15, -0.1) is 0 Å². The second kappa shape index (κ2) is 5.38. The molecule has 2 saturated heterocycles. The molecule has 1 N–H and O–H groups in total. The molecule has 4 nitrogen and oxygen atoms in total. The number of sulfone groups is 1. The van der Waals surface area contributed by atoms with Crippen molar-refractivity contribution in [3.63, 3.8) is 0 Å². The van der Waals surface area contributed by atoms with Crippen molar-refractivity contribution in [3.05, 3.63) is 35.4 Å². The van der Waals surface area contributed by atoms with Crippen molar-refractivity contribution < 1.29 is 18.3 Å². The van der Waals surface area contributed by atoms with E-state index in [-0.39, 0.29) is 10.5 Å². The van der Waals surface area contributed by atoms with E-state index in [9.17, 15) is 13.5 Å². The molecule has 0 spiro atoms. The lowest BCUT2D eigenvalue weighted by Crippen LogP contribution is -2.50. The molecule has 0 saturated carbocycles. The third kappa shape index (κ3) is 2.62. The van der Waals surface area contributed by atoms with Crippen LogP contribution in [0.15, 0.2) is 24.3 Å². The normalized spacial score (nSPS) is 34.6. The molecule has 116 valence electrons. The summed E-state index contributed by atoms with van der Waals surface area (Å²) in [6, 6.07) is 7.69. The number of hydrogen-bond donors (Lipinski definition) is 1. The van der Waals surface area contributed by atoms with E-state index in [2.05, 4.69) is 0 Å². The largest absolute Gasteiger partial charge is 0.385 e. The quantitative estimate of drug-likeness (QED) is 0.929. The van der Waals surface area contributed by atoms with Crippen molar-refractivity contribution in [1.82, 2.24) is 0 Å². The van der Waals surface area contributed by atoms with E-state index in [1.807, 2.05) is 24.3 Å². The van der Waals surface area contributed by atoms with Crippen LogP contribution in [0.2, 0.25) is 0 Å². The third-order valence-electron chi connectivity index (χ3n) is 4.91. The van der Waals surface area contributed by atoms with Crippen LogP contribution in [0, 0.1) is 0 Å². The van der Waals surface area contributed by atoms with Gasteiger partial charge in [-0.1, -0.05) is 30.7 Å². The Labute approximate surface area is 126 Å². The predicted molar refractivity (Wildman–Crippen MR) is 80.6 cm³/mol. The second-order valence-electron chi connectivity index (χ2n) is 6.33. The molecule has 0 radical (unpaired) electrons. The second-order valence-corrected chi connectivity index (χ2v) is 8.85. The van der Waals surface area contributed by atoms with Crippen molar-refractivity contribution in [3.8, 4) is 0 Å². The van der Waals surface area contributed by atoms with Crippen LogP contribution in [0.4, 0.5) is 0 Å². The maximum atomic E-state index is 12.3. The molecule has 3 rings (SSSR count). The fourth-order valence-electron chi connectivity index (χ4n) is 3.76. The first-order valence-corrected chi connectivity index (χ1v) is 9.10. The fourth-order valence-corrected chi connectivity index (χ4v) is 6.31. The zero-order valence-corrected chi connectivity index (χ0v) is 13.1. The molecule has 0 amide bonds. The highest BCUT2D eigenvalue weighted by molar-refractivity contribution is 7.92. The number of methoxy groups -OCH3 is 1. The van der Waals surface area contributed by atoms with Gasteiger partial charge in [0, 0.05) is 7.11 Å². The van der Waals surface area contributed by atoms with Gasteiger partial charge in [-0.2, -0.15) is 0 Å². The van der Waals surface area contributed by atoms with Crippen LogP contribution in [0.1, 0.15) is 43.2 Å². The molecular formula is C16H22O4S. The van der Waals surface area contributed by atoms with Crippen molar-refractivity contribution in [1.29, 1.82) is 0 Å². The summed E-state index contributed by atoms with van der Waals surface area (Å²) >= 11 is 0. The van der Waals surface area contributed by atoms with E-state index in [1.54, 1.807) is 7.11 Å². The van der Waals surface area contributed by atoms with Gasteiger partial charge in [-0.3, -0.25) is 0 Å². The van der Waals surface area contributed by atoms with E-state index >= 15 is 0 Å². The van der Waals surface area contributed by atoms with Crippen LogP contribution in [-0.4, -0.2) is 31.1 Å². The summed E-state index contributed by atoms with van der Waals surface area (Å²) in [4.78, 5) is 0. The van der Waals surface area contributed by atoms with Gasteiger partial charge in [0.05, 0.1) is 22.7 Å². The SMILES string of the molecule is COCc1ccc(C2(O)CC3CCCC(C2)S3(=O)=O)cc1. The molecule has 2 aliphatic rings. The van der Waals surface area contributed by atoms with Gasteiger partial charge in [0.1, 0.15) is 0 Å². The summed E-state index contributed by atoms with van der Waals surface area (Å²) in [6.07, 6.45) is 2.98. The molecule has 5 heteroatoms. The highest BCUT2D eigenvalue weighted by atomic mass is 32.2. The van der Waals surface area contributed by atoms with Crippen LogP contribution in [0.5, 0.6) is 0 Å². The topological polar surface area (TPSA) is 63.6 Å². The summed E-state index contributed by atoms with van der Waals surface area (Å²) in [5, 5.41) is 10.2. The zero-order valence-electron chi connectivity index (χ0n) is 12.3. The molecule has 2 unspecified atom stereocenters. The Kier molecular flexibility index (Phi) is 3.84. The Balaban J connectivity index is 1.88. The van der Waals surface area contributed by atoms with E-state index < -0.39 is 15.4 Å². The first-order chi connectivity index (χ1) is 9.95. The highest BCUT2D eigenvalue weighted by Crippen LogP contribution is 2.46. The number of rotatable bonds is 3. The number of hydrogen-bond acceptors (Lipinski definition) is 4. The summed E-state index contributed by atoms with van der Waals surface area (Å²) in [5.74, 6) is 0. The molecule has 2 aliphatic heterocycles. The predicted octanol–water partition coefficient (Wildman–Crippen LogP) is 2.15. The summed E-state index contributed by atoms with van der Waals surface area (Å²) in [6.45, 7) is 0.540. The van der Waals surface area contributed by atoms with E-state index in [1.165, 1.54) is 0 Å². The van der Waals surface area contributed by atoms with E-state index in [0.717, 1.165) is 17.5 Å². The van der Waals surface area contributed by atoms with Crippen LogP contribution < -0.4 is 0 Å². The van der Waals surface area contributed by atoms with Crippen molar-refractivity contribution >= 4 is 9.84 Å². The first-order valence-electron chi connectivity index (χ1n) is 7.49. The number of ether oxygens (including phenoxy) is 1. The molecule has 1 aromatic carbocycles. The lowest BCUT2D eigenvalue weighted by molar-refractivity contribution is 0.00497. The Morgan fingerprint density at radius 1 is 1.19 bits per heavy atom. The van der Waals surface area contributed by atoms with Gasteiger partial charge in [0.25, 0.3) is 0 Å². The molecular weight excluding hydrogens is 288 g/mol. The molecule has 2 bridgehead atoms. The van der Waals surface area contributed by atoms with Crippen LogP contribution in [-0.2, 0) is 26.8 Å². The monoisotopic (exact) mass is 310 g/mol. The number of fused-ring (bicyclic) bond motifs is 2. The van der Waals surface area contributed by atoms with Gasteiger partial charge in [0.15, 0.2) is 9.84 Å². The molecule has 2 fully saturated rings. The van der Waals surface area contributed by atoms with Crippen LogP contribution in [0.25, 0.3) is 0 Å².